The fourth-order valence-electron chi connectivity index (χ4n) is 4.09. The number of benzene rings is 2. The van der Waals surface area contributed by atoms with Gasteiger partial charge in [0, 0.05) is 18.0 Å². The number of hydrogen-bond acceptors (Lipinski definition) is 6. The van der Waals surface area contributed by atoms with Gasteiger partial charge < -0.3 is 29.3 Å². The highest BCUT2D eigenvalue weighted by Gasteiger charge is 2.23. The summed E-state index contributed by atoms with van der Waals surface area (Å²) in [5.74, 6) is 1.81. The van der Waals surface area contributed by atoms with Crippen LogP contribution in [0.15, 0.2) is 60.0 Å². The molecule has 0 spiro atoms. The molecule has 0 unspecified atom stereocenters. The molecule has 0 radical (unpaired) electrons. The van der Waals surface area contributed by atoms with Crippen LogP contribution in [0.2, 0.25) is 0 Å². The summed E-state index contributed by atoms with van der Waals surface area (Å²) in [6, 6.07) is 16.8. The highest BCUT2D eigenvalue weighted by molar-refractivity contribution is 7.09. The monoisotopic (exact) mass is 553 g/mol. The van der Waals surface area contributed by atoms with Crippen molar-refractivity contribution in [2.45, 2.75) is 39.7 Å². The Kier molecular flexibility index (Phi) is 12.0. The van der Waals surface area contributed by atoms with E-state index in [0.29, 0.717) is 55.6 Å². The first-order chi connectivity index (χ1) is 19.0. The van der Waals surface area contributed by atoms with Gasteiger partial charge in [-0.3, -0.25) is 4.79 Å². The van der Waals surface area contributed by atoms with Gasteiger partial charge in [-0.1, -0.05) is 37.6 Å². The largest absolute Gasteiger partial charge is 0.493 e. The van der Waals surface area contributed by atoms with Crippen LogP contribution in [0, 0.1) is 0 Å². The molecule has 9 heteroatoms. The van der Waals surface area contributed by atoms with Crippen molar-refractivity contribution < 1.29 is 23.8 Å². The number of methoxy groups -OCH3 is 2. The second-order valence-electron chi connectivity index (χ2n) is 8.97. The molecule has 0 saturated carbocycles. The van der Waals surface area contributed by atoms with E-state index in [1.165, 1.54) is 0 Å². The molecule has 39 heavy (non-hydrogen) atoms. The van der Waals surface area contributed by atoms with Gasteiger partial charge in [0.1, 0.15) is 12.3 Å². The van der Waals surface area contributed by atoms with Gasteiger partial charge in [-0.2, -0.15) is 0 Å². The Morgan fingerprint density at radius 1 is 0.897 bits per heavy atom. The molecule has 2 aromatic carbocycles. The van der Waals surface area contributed by atoms with Crippen molar-refractivity contribution >= 4 is 29.0 Å². The van der Waals surface area contributed by atoms with Gasteiger partial charge in [-0.15, -0.1) is 11.3 Å². The van der Waals surface area contributed by atoms with E-state index in [-0.39, 0.29) is 18.5 Å². The van der Waals surface area contributed by atoms with Crippen molar-refractivity contribution in [2.24, 2.45) is 0 Å². The van der Waals surface area contributed by atoms with Gasteiger partial charge in [0.15, 0.2) is 11.5 Å². The Balaban J connectivity index is 1.75. The van der Waals surface area contributed by atoms with E-state index in [4.69, 9.17) is 14.2 Å². The van der Waals surface area contributed by atoms with E-state index in [0.717, 1.165) is 23.3 Å². The topological polar surface area (TPSA) is 80.3 Å². The minimum absolute atomic E-state index is 0.0139. The fraction of sp³-hybridized carbons (Fsp3) is 0.400. The summed E-state index contributed by atoms with van der Waals surface area (Å²) in [4.78, 5) is 31.5. The molecule has 3 rings (SSSR count). The predicted octanol–water partition coefficient (Wildman–Crippen LogP) is 6.07. The summed E-state index contributed by atoms with van der Waals surface area (Å²) >= 11 is 1.61. The van der Waals surface area contributed by atoms with Crippen molar-refractivity contribution in [1.29, 1.82) is 0 Å². The number of unbranched alkanes of at least 4 members (excludes halogenated alkanes) is 1. The van der Waals surface area contributed by atoms with Gasteiger partial charge >= 0.3 is 6.03 Å². The van der Waals surface area contributed by atoms with Crippen LogP contribution in [0.1, 0.15) is 37.1 Å². The molecule has 0 atom stereocenters. The maximum absolute atomic E-state index is 13.7. The smallest absolute Gasteiger partial charge is 0.322 e. The van der Waals surface area contributed by atoms with Crippen LogP contribution in [0.5, 0.6) is 17.2 Å². The normalized spacial score (nSPS) is 10.6. The number of rotatable bonds is 15. The molecule has 0 bridgehead atoms. The van der Waals surface area contributed by atoms with Crippen molar-refractivity contribution in [3.8, 4) is 17.2 Å². The number of amides is 3. The summed E-state index contributed by atoms with van der Waals surface area (Å²) in [7, 11) is 3.21. The average molecular weight is 554 g/mol. The van der Waals surface area contributed by atoms with Gasteiger partial charge in [-0.25, -0.2) is 4.79 Å². The molecule has 8 nitrogen and oxygen atoms in total. The minimum Gasteiger partial charge on any atom is -0.493 e. The number of urea groups is 1. The molecule has 0 aliphatic rings. The highest BCUT2D eigenvalue weighted by atomic mass is 32.1. The van der Waals surface area contributed by atoms with Crippen molar-refractivity contribution in [3.05, 3.63) is 70.4 Å². The second kappa shape index (κ2) is 15.6. The molecule has 1 heterocycles. The van der Waals surface area contributed by atoms with E-state index >= 15 is 0 Å². The average Bonchev–Trinajstić information content (AvgIpc) is 3.47. The first-order valence-corrected chi connectivity index (χ1v) is 14.2. The zero-order valence-electron chi connectivity index (χ0n) is 23.3. The van der Waals surface area contributed by atoms with E-state index < -0.39 is 0 Å². The second-order valence-corrected chi connectivity index (χ2v) is 10.0. The quantitative estimate of drug-likeness (QED) is 0.247. The van der Waals surface area contributed by atoms with Gasteiger partial charge in [-0.05, 0) is 61.0 Å². The third-order valence-corrected chi connectivity index (χ3v) is 7.08. The fourth-order valence-corrected chi connectivity index (χ4v) is 4.81. The maximum atomic E-state index is 13.7. The Hall–Kier alpha value is -3.72. The van der Waals surface area contributed by atoms with Gasteiger partial charge in [0.2, 0.25) is 5.91 Å². The summed E-state index contributed by atoms with van der Waals surface area (Å²) in [5.41, 5.74) is 1.62. The SMILES string of the molecule is CCCCN(CC(=O)N(CCc1ccc(OC)c(OC)c1)Cc1cccs1)C(=O)Nc1ccccc1OCC. The number of ether oxygens (including phenoxy) is 3. The number of carbonyl (C=O) groups excluding carboxylic acids is 2. The maximum Gasteiger partial charge on any atom is 0.322 e. The molecule has 0 fully saturated rings. The number of nitrogens with one attached hydrogen (secondary N) is 1. The summed E-state index contributed by atoms with van der Waals surface area (Å²) in [6.45, 7) is 5.91. The Labute approximate surface area is 235 Å². The van der Waals surface area contributed by atoms with Crippen LogP contribution in [-0.2, 0) is 17.8 Å². The lowest BCUT2D eigenvalue weighted by Crippen LogP contribution is -2.45. The molecule has 210 valence electrons. The molecule has 1 aromatic heterocycles. The summed E-state index contributed by atoms with van der Waals surface area (Å²) < 4.78 is 16.4. The minimum atomic E-state index is -0.320. The molecule has 0 saturated heterocycles. The van der Waals surface area contributed by atoms with Crippen molar-refractivity contribution in [2.75, 3.05) is 45.8 Å². The van der Waals surface area contributed by atoms with Crippen LogP contribution in [-0.4, -0.2) is 62.2 Å². The lowest BCUT2D eigenvalue weighted by molar-refractivity contribution is -0.132. The highest BCUT2D eigenvalue weighted by Crippen LogP contribution is 2.28. The van der Waals surface area contributed by atoms with Gasteiger partial charge in [0.25, 0.3) is 0 Å². The lowest BCUT2D eigenvalue weighted by Gasteiger charge is -2.28. The third-order valence-electron chi connectivity index (χ3n) is 6.22. The number of para-hydroxylation sites is 2. The van der Waals surface area contributed by atoms with E-state index in [1.54, 1.807) is 36.5 Å². The van der Waals surface area contributed by atoms with E-state index in [9.17, 15) is 9.59 Å². The van der Waals surface area contributed by atoms with Crippen molar-refractivity contribution in [3.63, 3.8) is 0 Å². The molecule has 3 amide bonds. The molecule has 0 aliphatic carbocycles. The summed E-state index contributed by atoms with van der Waals surface area (Å²) in [6.07, 6.45) is 2.34. The zero-order chi connectivity index (χ0) is 28.0. The van der Waals surface area contributed by atoms with Crippen LogP contribution in [0.4, 0.5) is 10.5 Å². The molecular formula is C30H39N3O5S. The number of anilines is 1. The molecule has 3 aromatic rings. The third kappa shape index (κ3) is 8.92. The lowest BCUT2D eigenvalue weighted by atomic mass is 10.1. The summed E-state index contributed by atoms with van der Waals surface area (Å²) in [5, 5.41) is 4.95. The molecular weight excluding hydrogens is 514 g/mol. The first-order valence-electron chi connectivity index (χ1n) is 13.3. The molecule has 1 N–H and O–H groups in total. The van der Waals surface area contributed by atoms with E-state index in [1.807, 2.05) is 65.7 Å². The van der Waals surface area contributed by atoms with Crippen LogP contribution in [0.3, 0.4) is 0 Å². The number of hydrogen-bond donors (Lipinski definition) is 1. The van der Waals surface area contributed by atoms with Crippen molar-refractivity contribution in [1.82, 2.24) is 9.80 Å². The van der Waals surface area contributed by atoms with Crippen LogP contribution in [0.25, 0.3) is 0 Å². The number of carbonyl (C=O) groups is 2. The molecule has 0 aliphatic heterocycles. The first kappa shape index (κ1) is 29.8. The van der Waals surface area contributed by atoms with Crippen LogP contribution < -0.4 is 19.5 Å². The predicted molar refractivity (Wildman–Crippen MR) is 156 cm³/mol. The zero-order valence-corrected chi connectivity index (χ0v) is 24.1. The Bertz CT molecular complexity index is 1190. The Morgan fingerprint density at radius 3 is 2.38 bits per heavy atom. The van der Waals surface area contributed by atoms with Gasteiger partial charge in [0.05, 0.1) is 33.1 Å². The van der Waals surface area contributed by atoms with Crippen LogP contribution >= 0.6 is 11.3 Å². The van der Waals surface area contributed by atoms with E-state index in [2.05, 4.69) is 12.2 Å². The number of nitrogens with zero attached hydrogens (tertiary/aromatic N) is 2. The standard InChI is InChI=1S/C30H39N3O5S/c1-5-7-17-33(30(35)31-25-12-8-9-13-26(25)38-6-2)22-29(34)32(21-24-11-10-19-39-24)18-16-23-14-15-27(36-3)28(20-23)37-4/h8-15,19-20H,5-7,16-18,21-22H2,1-4H3,(H,31,35). The number of thiophene rings is 1. The Morgan fingerprint density at radius 2 is 1.69 bits per heavy atom.